The van der Waals surface area contributed by atoms with Crippen molar-refractivity contribution in [2.75, 3.05) is 6.54 Å². The maximum Gasteiger partial charge on any atom is 0.0457 e. The molecule has 3 N–H and O–H groups in total. The van der Waals surface area contributed by atoms with E-state index in [0.717, 1.165) is 17.1 Å². The van der Waals surface area contributed by atoms with Crippen LogP contribution in [0.4, 0.5) is 0 Å². The fraction of sp³-hybridized carbons (Fsp3) is 0.429. The molecule has 0 spiro atoms. The smallest absolute Gasteiger partial charge is 0.0457 e. The van der Waals surface area contributed by atoms with Crippen molar-refractivity contribution in [1.29, 1.82) is 0 Å². The summed E-state index contributed by atoms with van der Waals surface area (Å²) < 4.78 is 0. The van der Waals surface area contributed by atoms with E-state index < -0.39 is 0 Å². The third-order valence-electron chi connectivity index (χ3n) is 4.11. The Kier molecular flexibility index (Phi) is 2.64. The highest BCUT2D eigenvalue weighted by Crippen LogP contribution is 2.40. The van der Waals surface area contributed by atoms with Gasteiger partial charge in [0, 0.05) is 33.6 Å². The highest BCUT2D eigenvalue weighted by atomic mass is 35.5. The summed E-state index contributed by atoms with van der Waals surface area (Å²) in [6.45, 7) is 0.730. The quantitative estimate of drug-likeness (QED) is 0.838. The Morgan fingerprint density at radius 2 is 2.00 bits per heavy atom. The second-order valence-electron chi connectivity index (χ2n) is 5.11. The predicted octanol–water partition coefficient (Wildman–Crippen LogP) is 3.59. The number of nitrogens with one attached hydrogen (secondary N) is 1. The number of benzene rings is 1. The highest BCUT2D eigenvalue weighted by Gasteiger charge is 2.35. The minimum Gasteiger partial charge on any atom is -0.358 e. The zero-order valence-corrected chi connectivity index (χ0v) is 10.6. The van der Waals surface area contributed by atoms with Gasteiger partial charge in [-0.1, -0.05) is 24.4 Å². The Bertz CT molecular complexity index is 538. The van der Waals surface area contributed by atoms with E-state index in [1.807, 2.05) is 18.2 Å². The summed E-state index contributed by atoms with van der Waals surface area (Å²) in [6, 6.07) is 8.20. The van der Waals surface area contributed by atoms with E-state index in [4.69, 9.17) is 17.3 Å². The van der Waals surface area contributed by atoms with E-state index >= 15 is 0 Å². The molecule has 3 rings (SSSR count). The molecule has 0 unspecified atom stereocenters. The molecule has 1 aromatic carbocycles. The molecule has 2 aromatic rings. The number of aromatic nitrogens is 1. The number of halogens is 1. The Morgan fingerprint density at radius 1 is 1.24 bits per heavy atom. The topological polar surface area (TPSA) is 41.8 Å². The third kappa shape index (κ3) is 1.76. The zero-order chi connectivity index (χ0) is 11.9. The minimum atomic E-state index is 0.172. The first-order valence-electron chi connectivity index (χ1n) is 6.22. The maximum atomic E-state index is 6.02. The van der Waals surface area contributed by atoms with Crippen LogP contribution in [0.1, 0.15) is 31.4 Å². The normalized spacial score (nSPS) is 18.9. The molecule has 17 heavy (non-hydrogen) atoms. The number of hydrogen-bond acceptors (Lipinski definition) is 1. The Balaban J connectivity index is 2.11. The summed E-state index contributed by atoms with van der Waals surface area (Å²) >= 11 is 6.02. The monoisotopic (exact) mass is 248 g/mol. The van der Waals surface area contributed by atoms with Gasteiger partial charge >= 0.3 is 0 Å². The number of rotatable bonds is 2. The van der Waals surface area contributed by atoms with Crippen molar-refractivity contribution < 1.29 is 0 Å². The predicted molar refractivity (Wildman–Crippen MR) is 72.5 cm³/mol. The number of aromatic amines is 1. The fourth-order valence-electron chi connectivity index (χ4n) is 3.02. The standard InChI is InChI=1S/C14H17ClN2/c15-11-3-4-12-10(7-11)8-13(17-12)14(9-16)5-1-2-6-14/h3-4,7-8,17H,1-2,5-6,9,16H2. The molecule has 1 heterocycles. The summed E-state index contributed by atoms with van der Waals surface area (Å²) in [6.07, 6.45) is 4.97. The highest BCUT2D eigenvalue weighted by molar-refractivity contribution is 6.31. The van der Waals surface area contributed by atoms with Crippen LogP contribution in [-0.4, -0.2) is 11.5 Å². The summed E-state index contributed by atoms with van der Waals surface area (Å²) in [5, 5.41) is 1.98. The van der Waals surface area contributed by atoms with Crippen molar-refractivity contribution >= 4 is 22.5 Å². The minimum absolute atomic E-state index is 0.172. The van der Waals surface area contributed by atoms with Crippen LogP contribution in [0.15, 0.2) is 24.3 Å². The van der Waals surface area contributed by atoms with Gasteiger partial charge in [-0.25, -0.2) is 0 Å². The summed E-state index contributed by atoms with van der Waals surface area (Å²) in [7, 11) is 0. The molecule has 1 aromatic heterocycles. The molecule has 1 aliphatic rings. The average molecular weight is 249 g/mol. The van der Waals surface area contributed by atoms with E-state index in [0.29, 0.717) is 0 Å². The molecule has 1 saturated carbocycles. The molecule has 0 aliphatic heterocycles. The van der Waals surface area contributed by atoms with Gasteiger partial charge in [-0.3, -0.25) is 0 Å². The fourth-order valence-corrected chi connectivity index (χ4v) is 3.20. The lowest BCUT2D eigenvalue weighted by atomic mass is 9.83. The molecule has 0 bridgehead atoms. The van der Waals surface area contributed by atoms with Gasteiger partial charge in [0.15, 0.2) is 0 Å². The first-order chi connectivity index (χ1) is 8.23. The maximum absolute atomic E-state index is 6.02. The van der Waals surface area contributed by atoms with Crippen molar-refractivity contribution in [2.45, 2.75) is 31.1 Å². The third-order valence-corrected chi connectivity index (χ3v) is 4.34. The van der Waals surface area contributed by atoms with Crippen LogP contribution in [-0.2, 0) is 5.41 Å². The van der Waals surface area contributed by atoms with E-state index in [1.165, 1.54) is 36.8 Å². The SMILES string of the molecule is NCC1(c2cc3cc(Cl)ccc3[nH]2)CCCC1. The van der Waals surface area contributed by atoms with Crippen LogP contribution in [0.2, 0.25) is 5.02 Å². The summed E-state index contributed by atoms with van der Waals surface area (Å²) in [4.78, 5) is 3.52. The van der Waals surface area contributed by atoms with Gasteiger partial charge in [0.1, 0.15) is 0 Å². The van der Waals surface area contributed by atoms with E-state index in [9.17, 15) is 0 Å². The van der Waals surface area contributed by atoms with Gasteiger partial charge in [0.25, 0.3) is 0 Å². The first kappa shape index (κ1) is 11.1. The molecular weight excluding hydrogens is 232 g/mol. The van der Waals surface area contributed by atoms with Gasteiger partial charge in [-0.2, -0.15) is 0 Å². The van der Waals surface area contributed by atoms with Crippen LogP contribution in [0.25, 0.3) is 10.9 Å². The lowest BCUT2D eigenvalue weighted by molar-refractivity contribution is 0.442. The van der Waals surface area contributed by atoms with E-state index in [-0.39, 0.29) is 5.41 Å². The number of H-pyrrole nitrogens is 1. The van der Waals surface area contributed by atoms with Crippen LogP contribution in [0.3, 0.4) is 0 Å². The molecule has 2 nitrogen and oxygen atoms in total. The van der Waals surface area contributed by atoms with Gasteiger partial charge < -0.3 is 10.7 Å². The number of hydrogen-bond donors (Lipinski definition) is 2. The van der Waals surface area contributed by atoms with Gasteiger partial charge in [0.05, 0.1) is 0 Å². The van der Waals surface area contributed by atoms with E-state index in [1.54, 1.807) is 0 Å². The van der Waals surface area contributed by atoms with Gasteiger partial charge in [0.2, 0.25) is 0 Å². The second kappa shape index (κ2) is 4.04. The van der Waals surface area contributed by atoms with Crippen molar-refractivity contribution in [3.63, 3.8) is 0 Å². The Hall–Kier alpha value is -0.990. The lowest BCUT2D eigenvalue weighted by Gasteiger charge is -2.25. The number of fused-ring (bicyclic) bond motifs is 1. The van der Waals surface area contributed by atoms with Crippen LogP contribution < -0.4 is 5.73 Å². The largest absolute Gasteiger partial charge is 0.358 e. The molecule has 90 valence electrons. The first-order valence-corrected chi connectivity index (χ1v) is 6.60. The summed E-state index contributed by atoms with van der Waals surface area (Å²) in [5.74, 6) is 0. The van der Waals surface area contributed by atoms with Crippen molar-refractivity contribution in [1.82, 2.24) is 4.98 Å². The van der Waals surface area contributed by atoms with Crippen LogP contribution in [0.5, 0.6) is 0 Å². The molecule has 0 atom stereocenters. The Morgan fingerprint density at radius 3 is 2.71 bits per heavy atom. The summed E-state index contributed by atoms with van der Waals surface area (Å²) in [5.41, 5.74) is 8.62. The number of nitrogens with two attached hydrogens (primary N) is 1. The van der Waals surface area contributed by atoms with E-state index in [2.05, 4.69) is 11.1 Å². The molecule has 0 radical (unpaired) electrons. The van der Waals surface area contributed by atoms with Crippen molar-refractivity contribution in [2.24, 2.45) is 5.73 Å². The lowest BCUT2D eigenvalue weighted by Crippen LogP contribution is -2.32. The van der Waals surface area contributed by atoms with Crippen molar-refractivity contribution in [3.8, 4) is 0 Å². The van der Waals surface area contributed by atoms with Crippen molar-refractivity contribution in [3.05, 3.63) is 35.0 Å². The van der Waals surface area contributed by atoms with Crippen LogP contribution >= 0.6 is 11.6 Å². The molecular formula is C14H17ClN2. The molecule has 0 saturated heterocycles. The second-order valence-corrected chi connectivity index (χ2v) is 5.54. The average Bonchev–Trinajstić information content (AvgIpc) is 2.94. The van der Waals surface area contributed by atoms with Gasteiger partial charge in [-0.05, 0) is 37.1 Å². The molecule has 1 aliphatic carbocycles. The molecule has 3 heteroatoms. The Labute approximate surface area is 106 Å². The molecule has 1 fully saturated rings. The van der Waals surface area contributed by atoms with Crippen LogP contribution in [0, 0.1) is 0 Å². The molecule has 0 amide bonds. The zero-order valence-electron chi connectivity index (χ0n) is 9.80. The van der Waals surface area contributed by atoms with Gasteiger partial charge in [-0.15, -0.1) is 0 Å².